The molecule has 0 radical (unpaired) electrons. The smallest absolute Gasteiger partial charge is 0.253 e. The lowest BCUT2D eigenvalue weighted by Crippen LogP contribution is -2.38. The Bertz CT molecular complexity index is 1270. The van der Waals surface area contributed by atoms with E-state index in [2.05, 4.69) is 20.6 Å². The fourth-order valence-corrected chi connectivity index (χ4v) is 3.74. The van der Waals surface area contributed by atoms with Gasteiger partial charge in [-0.15, -0.1) is 0 Å². The van der Waals surface area contributed by atoms with E-state index < -0.39 is 11.9 Å². The minimum Gasteiger partial charge on any atom is -0.351 e. The van der Waals surface area contributed by atoms with Crippen molar-refractivity contribution in [3.63, 3.8) is 0 Å². The van der Waals surface area contributed by atoms with Crippen LogP contribution in [-0.2, 0) is 22.4 Å². The highest BCUT2D eigenvalue weighted by molar-refractivity contribution is 6.05. The summed E-state index contributed by atoms with van der Waals surface area (Å²) in [6, 6.07) is 23.6. The Hall–Kier alpha value is -4.52. The molecule has 0 spiro atoms. The van der Waals surface area contributed by atoms with E-state index in [0.717, 1.165) is 16.7 Å². The van der Waals surface area contributed by atoms with Gasteiger partial charge in [-0.2, -0.15) is 0 Å². The number of H-pyrrole nitrogens is 1. The standard InChI is InChI=1S/C27H24N4O3/c32-17-22(15-21-16-28-18-29-21)30-27(34)24-12-6-7-13-25(24)31-26(33)14-20-10-4-5-11-23(20)19-8-2-1-3-9-19/h1-13,16-18,22H,14-15H2,(H,28,29)(H,30,34)(H,31,33)/t22-/m0/s1. The van der Waals surface area contributed by atoms with E-state index in [1.54, 1.807) is 30.5 Å². The van der Waals surface area contributed by atoms with Crippen molar-refractivity contribution >= 4 is 23.8 Å². The third kappa shape index (κ3) is 5.63. The largest absolute Gasteiger partial charge is 0.351 e. The summed E-state index contributed by atoms with van der Waals surface area (Å²) in [6.45, 7) is 0. The summed E-state index contributed by atoms with van der Waals surface area (Å²) in [5.74, 6) is -0.694. The molecule has 0 unspecified atom stereocenters. The Kier molecular flexibility index (Phi) is 7.25. The Morgan fingerprint density at radius 3 is 2.44 bits per heavy atom. The molecule has 1 aromatic heterocycles. The molecule has 2 amide bonds. The van der Waals surface area contributed by atoms with Crippen LogP contribution in [0.15, 0.2) is 91.4 Å². The number of nitrogens with zero attached hydrogens (tertiary/aromatic N) is 1. The van der Waals surface area contributed by atoms with Crippen LogP contribution in [0.2, 0.25) is 0 Å². The molecule has 1 atom stereocenters. The molecular formula is C27H24N4O3. The predicted octanol–water partition coefficient (Wildman–Crippen LogP) is 3.80. The maximum absolute atomic E-state index is 12.9. The molecule has 3 aromatic carbocycles. The number of para-hydroxylation sites is 1. The van der Waals surface area contributed by atoms with E-state index in [4.69, 9.17) is 0 Å². The first-order valence-corrected chi connectivity index (χ1v) is 10.9. The molecule has 34 heavy (non-hydrogen) atoms. The summed E-state index contributed by atoms with van der Waals surface area (Å²) in [4.78, 5) is 44.2. The van der Waals surface area contributed by atoms with Gasteiger partial charge >= 0.3 is 0 Å². The van der Waals surface area contributed by atoms with Crippen LogP contribution in [0.5, 0.6) is 0 Å². The summed E-state index contributed by atoms with van der Waals surface area (Å²) in [5, 5.41) is 5.55. The van der Waals surface area contributed by atoms with E-state index in [9.17, 15) is 14.4 Å². The highest BCUT2D eigenvalue weighted by atomic mass is 16.2. The van der Waals surface area contributed by atoms with Gasteiger partial charge in [0.15, 0.2) is 0 Å². The van der Waals surface area contributed by atoms with Crippen LogP contribution in [0, 0.1) is 0 Å². The van der Waals surface area contributed by atoms with E-state index in [0.29, 0.717) is 17.7 Å². The number of aromatic amines is 1. The van der Waals surface area contributed by atoms with Crippen molar-refractivity contribution in [3.8, 4) is 11.1 Å². The van der Waals surface area contributed by atoms with Crippen LogP contribution < -0.4 is 10.6 Å². The number of benzene rings is 3. The average Bonchev–Trinajstić information content (AvgIpc) is 3.38. The van der Waals surface area contributed by atoms with E-state index in [1.165, 1.54) is 6.33 Å². The van der Waals surface area contributed by atoms with Crippen molar-refractivity contribution in [2.45, 2.75) is 18.9 Å². The summed E-state index contributed by atoms with van der Waals surface area (Å²) in [5.41, 5.74) is 4.22. The topological polar surface area (TPSA) is 104 Å². The van der Waals surface area contributed by atoms with Gasteiger partial charge in [0, 0.05) is 12.6 Å². The number of aromatic nitrogens is 2. The fraction of sp³-hybridized carbons (Fsp3) is 0.111. The molecular weight excluding hydrogens is 428 g/mol. The zero-order chi connectivity index (χ0) is 23.8. The van der Waals surface area contributed by atoms with Gasteiger partial charge in [0.05, 0.1) is 35.7 Å². The van der Waals surface area contributed by atoms with Gasteiger partial charge in [-0.25, -0.2) is 4.98 Å². The van der Waals surface area contributed by atoms with Crippen LogP contribution in [0.4, 0.5) is 5.69 Å². The molecule has 0 fully saturated rings. The average molecular weight is 453 g/mol. The van der Waals surface area contributed by atoms with Crippen molar-refractivity contribution in [2.75, 3.05) is 5.32 Å². The Labute approximate surface area is 197 Å². The van der Waals surface area contributed by atoms with E-state index in [-0.39, 0.29) is 24.3 Å². The normalized spacial score (nSPS) is 11.4. The molecule has 1 heterocycles. The number of hydrogen-bond donors (Lipinski definition) is 3. The molecule has 7 heteroatoms. The summed E-state index contributed by atoms with van der Waals surface area (Å²) in [6.07, 6.45) is 4.28. The maximum Gasteiger partial charge on any atom is 0.253 e. The fourth-order valence-electron chi connectivity index (χ4n) is 3.74. The van der Waals surface area contributed by atoms with Gasteiger partial charge in [-0.3, -0.25) is 9.59 Å². The Morgan fingerprint density at radius 2 is 1.68 bits per heavy atom. The summed E-state index contributed by atoms with van der Waals surface area (Å²) in [7, 11) is 0. The number of carbonyl (C=O) groups excluding carboxylic acids is 3. The lowest BCUT2D eigenvalue weighted by Gasteiger charge is -2.15. The first-order chi connectivity index (χ1) is 16.6. The van der Waals surface area contributed by atoms with E-state index in [1.807, 2.05) is 54.6 Å². The Balaban J connectivity index is 1.47. The van der Waals surface area contributed by atoms with Gasteiger partial charge in [0.25, 0.3) is 5.91 Å². The number of nitrogens with one attached hydrogen (secondary N) is 3. The highest BCUT2D eigenvalue weighted by Gasteiger charge is 2.18. The monoisotopic (exact) mass is 452 g/mol. The molecule has 0 bridgehead atoms. The van der Waals surface area contributed by atoms with Gasteiger partial charge in [-0.05, 0) is 28.8 Å². The van der Waals surface area contributed by atoms with Crippen molar-refractivity contribution in [2.24, 2.45) is 0 Å². The van der Waals surface area contributed by atoms with Crippen LogP contribution in [-0.4, -0.2) is 34.1 Å². The second-order valence-electron chi connectivity index (χ2n) is 7.77. The third-order valence-electron chi connectivity index (χ3n) is 5.36. The minimum atomic E-state index is -0.739. The highest BCUT2D eigenvalue weighted by Crippen LogP contribution is 2.24. The molecule has 0 aliphatic rings. The summed E-state index contributed by atoms with van der Waals surface area (Å²) < 4.78 is 0. The van der Waals surface area contributed by atoms with Crippen molar-refractivity contribution < 1.29 is 14.4 Å². The van der Waals surface area contributed by atoms with Crippen LogP contribution >= 0.6 is 0 Å². The molecule has 4 rings (SSSR count). The molecule has 4 aromatic rings. The summed E-state index contributed by atoms with van der Waals surface area (Å²) >= 11 is 0. The van der Waals surface area contributed by atoms with Crippen molar-refractivity contribution in [1.82, 2.24) is 15.3 Å². The second kappa shape index (κ2) is 10.9. The predicted molar refractivity (Wildman–Crippen MR) is 130 cm³/mol. The van der Waals surface area contributed by atoms with Crippen molar-refractivity contribution in [3.05, 3.63) is 108 Å². The molecule has 3 N–H and O–H groups in total. The third-order valence-corrected chi connectivity index (χ3v) is 5.36. The molecule has 0 saturated carbocycles. The first-order valence-electron chi connectivity index (χ1n) is 10.9. The van der Waals surface area contributed by atoms with Gasteiger partial charge in [0.2, 0.25) is 5.91 Å². The number of rotatable bonds is 9. The molecule has 170 valence electrons. The second-order valence-corrected chi connectivity index (χ2v) is 7.77. The number of carbonyl (C=O) groups is 3. The van der Waals surface area contributed by atoms with Crippen molar-refractivity contribution in [1.29, 1.82) is 0 Å². The maximum atomic E-state index is 12.9. The van der Waals surface area contributed by atoms with Crippen LogP contribution in [0.3, 0.4) is 0 Å². The quantitative estimate of drug-likeness (QED) is 0.336. The lowest BCUT2D eigenvalue weighted by molar-refractivity contribution is -0.115. The first kappa shape index (κ1) is 22.7. The van der Waals surface area contributed by atoms with Crippen LogP contribution in [0.25, 0.3) is 11.1 Å². The zero-order valence-electron chi connectivity index (χ0n) is 18.4. The number of imidazole rings is 1. The van der Waals surface area contributed by atoms with Gasteiger partial charge < -0.3 is 20.4 Å². The Morgan fingerprint density at radius 1 is 0.941 bits per heavy atom. The number of aldehydes is 1. The number of amides is 2. The van der Waals surface area contributed by atoms with Gasteiger partial charge in [0.1, 0.15) is 6.29 Å². The zero-order valence-corrected chi connectivity index (χ0v) is 18.4. The van der Waals surface area contributed by atoms with E-state index >= 15 is 0 Å². The molecule has 0 aliphatic heterocycles. The minimum absolute atomic E-state index is 0.150. The molecule has 7 nitrogen and oxygen atoms in total. The van der Waals surface area contributed by atoms with Gasteiger partial charge in [-0.1, -0.05) is 66.7 Å². The number of hydrogen-bond acceptors (Lipinski definition) is 4. The molecule has 0 aliphatic carbocycles. The lowest BCUT2D eigenvalue weighted by atomic mass is 9.97. The SMILES string of the molecule is O=C[C@H](Cc1c[nH]cn1)NC(=O)c1ccccc1NC(=O)Cc1ccccc1-c1ccccc1. The molecule has 0 saturated heterocycles. The van der Waals surface area contributed by atoms with Crippen LogP contribution in [0.1, 0.15) is 21.6 Å². The number of anilines is 1.